The fourth-order valence-corrected chi connectivity index (χ4v) is 4.81. The van der Waals surface area contributed by atoms with Crippen LogP contribution in [0.1, 0.15) is 121 Å². The molecule has 1 aromatic carbocycles. The van der Waals surface area contributed by atoms with Crippen molar-refractivity contribution in [3.8, 4) is 0 Å². The molecule has 0 aliphatic rings. The van der Waals surface area contributed by atoms with Crippen LogP contribution in [0.3, 0.4) is 0 Å². The van der Waals surface area contributed by atoms with Crippen molar-refractivity contribution in [1.29, 1.82) is 0 Å². The van der Waals surface area contributed by atoms with Crippen LogP contribution in [0.25, 0.3) is 0 Å². The van der Waals surface area contributed by atoms with E-state index >= 15 is 0 Å². The van der Waals surface area contributed by atoms with Crippen molar-refractivity contribution < 1.29 is 4.48 Å². The average Bonchev–Trinajstić information content (AvgIpc) is 2.73. The largest absolute Gasteiger partial charge is 0.309 e. The summed E-state index contributed by atoms with van der Waals surface area (Å²) >= 11 is 13.1. The van der Waals surface area contributed by atoms with Crippen LogP contribution in [-0.2, 0) is 0 Å². The molecule has 0 aromatic heterocycles. The third-order valence-corrected chi connectivity index (χ3v) is 7.47. The van der Waals surface area contributed by atoms with Gasteiger partial charge in [0, 0.05) is 5.56 Å². The van der Waals surface area contributed by atoms with Crippen LogP contribution in [0.2, 0.25) is 5.02 Å². The number of benzene rings is 1. The Kier molecular flexibility index (Phi) is 16.1. The predicted molar refractivity (Wildman–Crippen MR) is 137 cm³/mol. The predicted octanol–water partition coefficient (Wildman–Crippen LogP) is 9.92. The van der Waals surface area contributed by atoms with Gasteiger partial charge in [0.25, 0.3) is 0 Å². The quantitative estimate of drug-likeness (QED) is 0.0839. The second-order valence-electron chi connectivity index (χ2n) is 9.66. The molecule has 0 radical (unpaired) electrons. The molecule has 0 aliphatic carbocycles. The van der Waals surface area contributed by atoms with Crippen LogP contribution in [0.5, 0.6) is 0 Å². The molecule has 0 aliphatic heterocycles. The lowest BCUT2D eigenvalue weighted by Crippen LogP contribution is -2.41. The number of quaternary nitrogens is 1. The Bertz CT molecular complexity index is 529. The number of hydrogen-bond acceptors (Lipinski definition) is 0. The van der Waals surface area contributed by atoms with Gasteiger partial charge in [-0.25, -0.2) is 0 Å². The van der Waals surface area contributed by atoms with Gasteiger partial charge in [-0.15, -0.1) is 0 Å². The SMILES string of the molecule is CCCCCCCCCCCCCCCCCC[N+](C)(C)C(Cl)c1ccccc1Cl. The van der Waals surface area contributed by atoms with Gasteiger partial charge < -0.3 is 4.48 Å². The molecule has 174 valence electrons. The fraction of sp³-hybridized carbons (Fsp3) is 0.778. The summed E-state index contributed by atoms with van der Waals surface area (Å²) in [5.74, 6) is 0. The van der Waals surface area contributed by atoms with Gasteiger partial charge in [0.2, 0.25) is 0 Å². The smallest absolute Gasteiger partial charge is 0.191 e. The maximum absolute atomic E-state index is 6.76. The molecule has 30 heavy (non-hydrogen) atoms. The van der Waals surface area contributed by atoms with Crippen molar-refractivity contribution in [3.05, 3.63) is 34.9 Å². The lowest BCUT2D eigenvalue weighted by Gasteiger charge is -2.35. The molecule has 0 N–H and O–H groups in total. The number of alkyl halides is 1. The topological polar surface area (TPSA) is 0 Å². The number of nitrogens with zero attached hydrogens (tertiary/aromatic N) is 1. The zero-order valence-corrected chi connectivity index (χ0v) is 21.6. The van der Waals surface area contributed by atoms with E-state index in [2.05, 4.69) is 21.0 Å². The Morgan fingerprint density at radius 3 is 1.50 bits per heavy atom. The highest BCUT2D eigenvalue weighted by Gasteiger charge is 2.28. The molecule has 0 amide bonds. The van der Waals surface area contributed by atoms with Crippen molar-refractivity contribution >= 4 is 23.2 Å². The summed E-state index contributed by atoms with van der Waals surface area (Å²) in [5, 5.41) is 0.774. The van der Waals surface area contributed by atoms with Crippen molar-refractivity contribution in [2.24, 2.45) is 0 Å². The normalized spacial score (nSPS) is 13.0. The minimum Gasteiger partial charge on any atom is -0.309 e. The van der Waals surface area contributed by atoms with Crippen LogP contribution >= 0.6 is 23.2 Å². The highest BCUT2D eigenvalue weighted by atomic mass is 35.5. The third-order valence-electron chi connectivity index (χ3n) is 6.36. The van der Waals surface area contributed by atoms with E-state index in [0.717, 1.165) is 21.6 Å². The average molecular weight is 458 g/mol. The first-order valence-corrected chi connectivity index (χ1v) is 13.5. The summed E-state index contributed by atoms with van der Waals surface area (Å²) < 4.78 is 0.782. The molecule has 1 nitrogen and oxygen atoms in total. The highest BCUT2D eigenvalue weighted by molar-refractivity contribution is 6.32. The zero-order valence-electron chi connectivity index (χ0n) is 20.1. The Labute approximate surface area is 198 Å². The maximum Gasteiger partial charge on any atom is 0.191 e. The lowest BCUT2D eigenvalue weighted by molar-refractivity contribution is -0.907. The van der Waals surface area contributed by atoms with E-state index in [1.807, 2.05) is 24.3 Å². The van der Waals surface area contributed by atoms with Gasteiger partial charge in [-0.1, -0.05) is 138 Å². The number of unbranched alkanes of at least 4 members (excludes halogenated alkanes) is 15. The minimum atomic E-state index is -0.0879. The molecular weight excluding hydrogens is 409 g/mol. The summed E-state index contributed by atoms with van der Waals surface area (Å²) in [6.07, 6.45) is 22.5. The zero-order chi connectivity index (χ0) is 22.1. The first-order chi connectivity index (χ1) is 14.5. The van der Waals surface area contributed by atoms with Crippen LogP contribution < -0.4 is 0 Å². The van der Waals surface area contributed by atoms with Gasteiger partial charge in [-0.2, -0.15) is 0 Å². The van der Waals surface area contributed by atoms with Crippen LogP contribution in [0.15, 0.2) is 24.3 Å². The Balaban J connectivity index is 1.95. The van der Waals surface area contributed by atoms with Crippen molar-refractivity contribution in [3.63, 3.8) is 0 Å². The first kappa shape index (κ1) is 27.8. The standard InChI is InChI=1S/C27H48Cl2N/c1-4-5-6-7-8-9-10-11-12-13-14-15-16-17-18-21-24-30(2,3)27(29)25-22-19-20-23-26(25)28/h19-20,22-23,27H,4-18,21,24H2,1-3H3/q+1. The molecule has 0 fully saturated rings. The number of hydrogen-bond donors (Lipinski definition) is 0. The molecule has 0 saturated heterocycles. The molecule has 1 rings (SSSR count). The van der Waals surface area contributed by atoms with Gasteiger partial charge in [0.1, 0.15) is 0 Å². The molecule has 1 aromatic rings. The fourth-order valence-electron chi connectivity index (χ4n) is 4.23. The molecule has 1 atom stereocenters. The molecule has 1 unspecified atom stereocenters. The van der Waals surface area contributed by atoms with E-state index in [1.165, 1.54) is 103 Å². The first-order valence-electron chi connectivity index (χ1n) is 12.7. The van der Waals surface area contributed by atoms with E-state index in [9.17, 15) is 0 Å². The molecule has 3 heteroatoms. The third kappa shape index (κ3) is 12.6. The van der Waals surface area contributed by atoms with Crippen LogP contribution in [0.4, 0.5) is 0 Å². The van der Waals surface area contributed by atoms with E-state index in [0.29, 0.717) is 0 Å². The Morgan fingerprint density at radius 2 is 1.07 bits per heavy atom. The van der Waals surface area contributed by atoms with Crippen LogP contribution in [-0.4, -0.2) is 25.1 Å². The summed E-state index contributed by atoms with van der Waals surface area (Å²) in [4.78, 5) is 0. The molecule has 0 bridgehead atoms. The van der Waals surface area contributed by atoms with Crippen molar-refractivity contribution in [1.82, 2.24) is 0 Å². The molecule has 0 saturated carbocycles. The Morgan fingerprint density at radius 1 is 0.667 bits per heavy atom. The van der Waals surface area contributed by atoms with Gasteiger partial charge >= 0.3 is 0 Å². The van der Waals surface area contributed by atoms with E-state index in [4.69, 9.17) is 23.2 Å². The second-order valence-corrected chi connectivity index (χ2v) is 10.5. The maximum atomic E-state index is 6.76. The second kappa shape index (κ2) is 17.3. The summed E-state index contributed by atoms with van der Waals surface area (Å²) in [7, 11) is 4.43. The highest BCUT2D eigenvalue weighted by Crippen LogP contribution is 2.34. The summed E-state index contributed by atoms with van der Waals surface area (Å²) in [6.45, 7) is 3.39. The van der Waals surface area contributed by atoms with E-state index in [1.54, 1.807) is 0 Å². The molecular formula is C27H48Cl2N+. The van der Waals surface area contributed by atoms with Gasteiger partial charge in [-0.05, 0) is 18.9 Å². The lowest BCUT2D eigenvalue weighted by atomic mass is 10.0. The Hall–Kier alpha value is -0.240. The minimum absolute atomic E-state index is 0.0879. The van der Waals surface area contributed by atoms with Crippen LogP contribution in [0, 0.1) is 0 Å². The van der Waals surface area contributed by atoms with Gasteiger partial charge in [-0.3, -0.25) is 0 Å². The summed E-state index contributed by atoms with van der Waals surface area (Å²) in [5.41, 5.74) is 0.956. The summed E-state index contributed by atoms with van der Waals surface area (Å²) in [6, 6.07) is 7.96. The van der Waals surface area contributed by atoms with Gasteiger partial charge in [0.05, 0.1) is 25.7 Å². The van der Waals surface area contributed by atoms with E-state index in [-0.39, 0.29) is 5.50 Å². The molecule has 0 heterocycles. The van der Waals surface area contributed by atoms with Crippen molar-refractivity contribution in [2.75, 3.05) is 20.6 Å². The number of halogens is 2. The monoisotopic (exact) mass is 456 g/mol. The van der Waals surface area contributed by atoms with E-state index < -0.39 is 0 Å². The molecule has 0 spiro atoms. The van der Waals surface area contributed by atoms with Crippen molar-refractivity contribution in [2.45, 2.75) is 115 Å². The number of rotatable bonds is 19. The van der Waals surface area contributed by atoms with Gasteiger partial charge in [0.15, 0.2) is 5.50 Å².